The van der Waals surface area contributed by atoms with Crippen molar-refractivity contribution < 1.29 is 14.3 Å². The minimum absolute atomic E-state index is 0.0934. The highest BCUT2D eigenvalue weighted by Crippen LogP contribution is 2.18. The molecule has 5 nitrogen and oxygen atoms in total. The normalized spacial score (nSPS) is 10.9. The molecule has 0 aliphatic rings. The molecule has 2 aromatic rings. The number of carbonyl (C=O) groups excluding carboxylic acids is 1. The zero-order valence-electron chi connectivity index (χ0n) is 15.1. The van der Waals surface area contributed by atoms with Crippen molar-refractivity contribution in [1.29, 1.82) is 0 Å². The summed E-state index contributed by atoms with van der Waals surface area (Å²) in [5, 5.41) is 0. The van der Waals surface area contributed by atoms with Gasteiger partial charge in [-0.2, -0.15) is 0 Å². The van der Waals surface area contributed by atoms with Gasteiger partial charge in [-0.3, -0.25) is 4.99 Å². The Balaban J connectivity index is 1.90. The van der Waals surface area contributed by atoms with Gasteiger partial charge in [-0.05, 0) is 67.9 Å². The van der Waals surface area contributed by atoms with Crippen LogP contribution in [0.3, 0.4) is 0 Å². The monoisotopic (exact) mass is 340 g/mol. The molecule has 5 heteroatoms. The van der Waals surface area contributed by atoms with Gasteiger partial charge in [0.05, 0.1) is 11.8 Å². The molecule has 2 rings (SSSR count). The van der Waals surface area contributed by atoms with Crippen molar-refractivity contribution in [2.24, 2.45) is 4.99 Å². The summed E-state index contributed by atoms with van der Waals surface area (Å²) in [6.07, 6.45) is 1.66. The zero-order valence-corrected chi connectivity index (χ0v) is 15.1. The van der Waals surface area contributed by atoms with Gasteiger partial charge < -0.3 is 14.4 Å². The molecular formula is C20H24N2O3. The molecule has 0 atom stereocenters. The molecule has 0 radical (unpaired) electrons. The van der Waals surface area contributed by atoms with E-state index in [4.69, 9.17) is 9.47 Å². The quantitative estimate of drug-likeness (QED) is 0.568. The number of carbonyl (C=O) groups is 1. The molecule has 132 valence electrons. The van der Waals surface area contributed by atoms with Crippen molar-refractivity contribution in [1.82, 2.24) is 0 Å². The topological polar surface area (TPSA) is 51.1 Å². The number of hydrogen-bond donors (Lipinski definition) is 0. The summed E-state index contributed by atoms with van der Waals surface area (Å²) >= 11 is 0. The highest BCUT2D eigenvalue weighted by atomic mass is 16.6. The van der Waals surface area contributed by atoms with E-state index in [1.165, 1.54) is 0 Å². The molecule has 0 saturated carbocycles. The molecule has 0 saturated heterocycles. The van der Waals surface area contributed by atoms with Crippen LogP contribution in [-0.4, -0.2) is 39.0 Å². The molecule has 2 aromatic carbocycles. The number of aliphatic imine (C=N–C) groups is 1. The smallest absolute Gasteiger partial charge is 0.344 e. The van der Waals surface area contributed by atoms with Crippen LogP contribution in [0.5, 0.6) is 5.75 Å². The maximum absolute atomic E-state index is 11.4. The molecule has 0 aromatic heterocycles. The molecule has 0 bridgehead atoms. The number of ether oxygens (including phenoxy) is 2. The van der Waals surface area contributed by atoms with E-state index in [2.05, 4.69) is 4.99 Å². The van der Waals surface area contributed by atoms with Gasteiger partial charge in [0, 0.05) is 26.0 Å². The Morgan fingerprint density at radius 2 is 1.72 bits per heavy atom. The maximum atomic E-state index is 11.4. The summed E-state index contributed by atoms with van der Waals surface area (Å²) in [6, 6.07) is 15.4. The number of hydrogen-bond acceptors (Lipinski definition) is 5. The van der Waals surface area contributed by atoms with Crippen molar-refractivity contribution in [2.75, 3.05) is 25.6 Å². The average Bonchev–Trinajstić information content (AvgIpc) is 2.59. The Kier molecular flexibility index (Phi) is 6.57. The summed E-state index contributed by atoms with van der Waals surface area (Å²) in [5.41, 5.74) is 2.98. The summed E-state index contributed by atoms with van der Waals surface area (Å²) in [4.78, 5) is 17.9. The van der Waals surface area contributed by atoms with Crippen molar-refractivity contribution in [3.05, 3.63) is 54.1 Å². The first-order valence-electron chi connectivity index (χ1n) is 8.18. The van der Waals surface area contributed by atoms with Crippen LogP contribution in [0, 0.1) is 0 Å². The number of anilines is 1. The van der Waals surface area contributed by atoms with E-state index >= 15 is 0 Å². The molecular weight excluding hydrogens is 316 g/mol. The second kappa shape index (κ2) is 8.87. The predicted octanol–water partition coefficient (Wildman–Crippen LogP) is 3.83. The van der Waals surface area contributed by atoms with Crippen molar-refractivity contribution in [3.8, 4) is 5.75 Å². The first kappa shape index (κ1) is 18.5. The Morgan fingerprint density at radius 1 is 1.08 bits per heavy atom. The molecule has 0 unspecified atom stereocenters. The van der Waals surface area contributed by atoms with E-state index in [0.717, 1.165) is 16.9 Å². The first-order chi connectivity index (χ1) is 11.9. The van der Waals surface area contributed by atoms with Crippen molar-refractivity contribution in [2.45, 2.75) is 20.0 Å². The van der Waals surface area contributed by atoms with Crippen LogP contribution in [-0.2, 0) is 9.53 Å². The van der Waals surface area contributed by atoms with Gasteiger partial charge in [-0.1, -0.05) is 0 Å². The van der Waals surface area contributed by atoms with E-state index in [1.54, 1.807) is 32.2 Å². The molecule has 0 aliphatic heterocycles. The molecule has 0 aliphatic carbocycles. The fourth-order valence-electron chi connectivity index (χ4n) is 2.08. The summed E-state index contributed by atoms with van der Waals surface area (Å²) < 4.78 is 10.4. The summed E-state index contributed by atoms with van der Waals surface area (Å²) in [6.45, 7) is 3.52. The molecule has 25 heavy (non-hydrogen) atoms. The van der Waals surface area contributed by atoms with Crippen LogP contribution >= 0.6 is 0 Å². The lowest BCUT2D eigenvalue weighted by Gasteiger charge is -2.11. The van der Waals surface area contributed by atoms with Gasteiger partial charge in [0.25, 0.3) is 0 Å². The minimum atomic E-state index is -0.373. The Hall–Kier alpha value is -2.82. The Morgan fingerprint density at radius 3 is 2.28 bits per heavy atom. The predicted molar refractivity (Wildman–Crippen MR) is 101 cm³/mol. The maximum Gasteiger partial charge on any atom is 0.344 e. The number of rotatable bonds is 7. The third-order valence-electron chi connectivity index (χ3n) is 3.33. The standard InChI is InChI=1S/C20H24N2O3/c1-15(2)25-20(23)14-24-19-11-5-16(6-12-19)13-21-17-7-9-18(10-8-17)22(3)4/h5-13,15H,14H2,1-4H3. The zero-order chi connectivity index (χ0) is 18.2. The van der Waals surface area contributed by atoms with Crippen molar-refractivity contribution >= 4 is 23.6 Å². The second-order valence-electron chi connectivity index (χ2n) is 6.07. The van der Waals surface area contributed by atoms with E-state index in [-0.39, 0.29) is 18.7 Å². The Labute approximate surface area is 148 Å². The summed E-state index contributed by atoms with van der Waals surface area (Å²) in [7, 11) is 4.01. The number of benzene rings is 2. The van der Waals surface area contributed by atoms with Gasteiger partial charge in [0.15, 0.2) is 6.61 Å². The number of esters is 1. The molecule has 0 fully saturated rings. The van der Waals surface area contributed by atoms with Crippen LogP contribution in [0.25, 0.3) is 0 Å². The van der Waals surface area contributed by atoms with Gasteiger partial charge >= 0.3 is 5.97 Å². The minimum Gasteiger partial charge on any atom is -0.482 e. The van der Waals surface area contributed by atoms with Crippen LogP contribution < -0.4 is 9.64 Å². The van der Waals surface area contributed by atoms with E-state index in [0.29, 0.717) is 5.75 Å². The van der Waals surface area contributed by atoms with E-state index in [9.17, 15) is 4.79 Å². The van der Waals surface area contributed by atoms with Gasteiger partial charge in [-0.15, -0.1) is 0 Å². The summed E-state index contributed by atoms with van der Waals surface area (Å²) in [5.74, 6) is 0.245. The van der Waals surface area contributed by atoms with Gasteiger partial charge in [-0.25, -0.2) is 4.79 Å². The van der Waals surface area contributed by atoms with Gasteiger partial charge in [0.2, 0.25) is 0 Å². The van der Waals surface area contributed by atoms with Crippen LogP contribution in [0.15, 0.2) is 53.5 Å². The third kappa shape index (κ3) is 6.30. The highest BCUT2D eigenvalue weighted by Gasteiger charge is 2.06. The first-order valence-corrected chi connectivity index (χ1v) is 8.18. The van der Waals surface area contributed by atoms with E-state index < -0.39 is 0 Å². The Bertz CT molecular complexity index is 705. The SMILES string of the molecule is CC(C)OC(=O)COc1ccc(C=Nc2ccc(N(C)C)cc2)cc1. The molecule has 0 spiro atoms. The lowest BCUT2D eigenvalue weighted by Crippen LogP contribution is -2.18. The van der Waals surface area contributed by atoms with Gasteiger partial charge in [0.1, 0.15) is 5.75 Å². The lowest BCUT2D eigenvalue weighted by molar-refractivity contribution is -0.149. The third-order valence-corrected chi connectivity index (χ3v) is 3.33. The van der Waals surface area contributed by atoms with Crippen molar-refractivity contribution in [3.63, 3.8) is 0 Å². The van der Waals surface area contributed by atoms with Crippen LogP contribution in [0.4, 0.5) is 11.4 Å². The largest absolute Gasteiger partial charge is 0.482 e. The molecule has 0 N–H and O–H groups in total. The fraction of sp³-hybridized carbons (Fsp3) is 0.300. The van der Waals surface area contributed by atoms with Crippen LogP contribution in [0.2, 0.25) is 0 Å². The molecule has 0 heterocycles. The average molecular weight is 340 g/mol. The highest BCUT2D eigenvalue weighted by molar-refractivity contribution is 5.82. The van der Waals surface area contributed by atoms with E-state index in [1.807, 2.05) is 55.4 Å². The number of nitrogens with zero attached hydrogens (tertiary/aromatic N) is 2. The fourth-order valence-corrected chi connectivity index (χ4v) is 2.08. The second-order valence-corrected chi connectivity index (χ2v) is 6.07. The lowest BCUT2D eigenvalue weighted by atomic mass is 10.2. The van der Waals surface area contributed by atoms with Crippen LogP contribution in [0.1, 0.15) is 19.4 Å². The molecule has 0 amide bonds.